The first-order valence-corrected chi connectivity index (χ1v) is 7.51. The lowest BCUT2D eigenvalue weighted by atomic mass is 9.98. The first-order chi connectivity index (χ1) is 10.2. The molecule has 0 aromatic carbocycles. The number of hydrogen-bond donors (Lipinski definition) is 3. The van der Waals surface area contributed by atoms with Gasteiger partial charge in [0, 0.05) is 25.7 Å². The number of aliphatic hydroxyl groups excluding tert-OH is 2. The monoisotopic (exact) mass is 296 g/mol. The van der Waals surface area contributed by atoms with E-state index in [9.17, 15) is 4.79 Å². The minimum Gasteiger partial charge on any atom is -0.453 e. The van der Waals surface area contributed by atoms with E-state index < -0.39 is 0 Å². The van der Waals surface area contributed by atoms with Gasteiger partial charge in [0.05, 0.1) is 6.61 Å². The fraction of sp³-hybridized carbons (Fsp3) is 0.667. The van der Waals surface area contributed by atoms with E-state index in [2.05, 4.69) is 17.1 Å². The quantitative estimate of drug-likeness (QED) is 0.686. The highest BCUT2D eigenvalue weighted by atomic mass is 16.4. The Morgan fingerprint density at radius 1 is 1.43 bits per heavy atom. The predicted molar refractivity (Wildman–Crippen MR) is 77.8 cm³/mol. The second-order valence-electron chi connectivity index (χ2n) is 5.54. The SMILES string of the molecule is CCC[C@@H]1CN(CCO)C[C@H]1NC(=O)c1ccc(CO)o1. The molecule has 1 aromatic rings. The molecule has 0 spiro atoms. The van der Waals surface area contributed by atoms with Crippen LogP contribution in [0, 0.1) is 5.92 Å². The minimum atomic E-state index is -0.244. The fourth-order valence-corrected chi connectivity index (χ4v) is 2.94. The lowest BCUT2D eigenvalue weighted by molar-refractivity contribution is 0.0896. The van der Waals surface area contributed by atoms with Crippen molar-refractivity contribution in [2.24, 2.45) is 5.92 Å². The molecular formula is C15H24N2O4. The van der Waals surface area contributed by atoms with Gasteiger partial charge in [0.15, 0.2) is 5.76 Å². The van der Waals surface area contributed by atoms with Crippen molar-refractivity contribution < 1.29 is 19.4 Å². The Labute approximate surface area is 124 Å². The van der Waals surface area contributed by atoms with Gasteiger partial charge in [0.1, 0.15) is 12.4 Å². The number of furan rings is 1. The molecule has 1 saturated heterocycles. The summed E-state index contributed by atoms with van der Waals surface area (Å²) in [6.07, 6.45) is 2.12. The summed E-state index contributed by atoms with van der Waals surface area (Å²) in [5, 5.41) is 21.0. The van der Waals surface area contributed by atoms with Gasteiger partial charge in [0.2, 0.25) is 0 Å². The number of nitrogens with zero attached hydrogens (tertiary/aromatic N) is 1. The number of likely N-dealkylation sites (tertiary alicyclic amines) is 1. The zero-order valence-corrected chi connectivity index (χ0v) is 12.4. The summed E-state index contributed by atoms with van der Waals surface area (Å²) < 4.78 is 5.26. The molecule has 6 nitrogen and oxygen atoms in total. The van der Waals surface area contributed by atoms with E-state index in [-0.39, 0.29) is 30.9 Å². The smallest absolute Gasteiger partial charge is 0.287 e. The molecule has 2 atom stereocenters. The zero-order valence-electron chi connectivity index (χ0n) is 12.4. The molecule has 6 heteroatoms. The standard InChI is InChI=1S/C15H24N2O4/c1-2-3-11-8-17(6-7-18)9-13(11)16-15(20)14-5-4-12(10-19)21-14/h4-5,11,13,18-19H,2-3,6-10H2,1H3,(H,16,20)/t11-,13-/m1/s1. The summed E-state index contributed by atoms with van der Waals surface area (Å²) in [6, 6.07) is 3.26. The Bertz CT molecular complexity index is 460. The van der Waals surface area contributed by atoms with Crippen LogP contribution in [-0.2, 0) is 6.61 Å². The fourth-order valence-electron chi connectivity index (χ4n) is 2.94. The van der Waals surface area contributed by atoms with Crippen LogP contribution in [-0.4, -0.2) is 53.3 Å². The molecule has 1 amide bonds. The maximum absolute atomic E-state index is 12.2. The maximum Gasteiger partial charge on any atom is 0.287 e. The number of carbonyl (C=O) groups excluding carboxylic acids is 1. The molecule has 3 N–H and O–H groups in total. The van der Waals surface area contributed by atoms with Gasteiger partial charge in [-0.25, -0.2) is 0 Å². The number of amides is 1. The van der Waals surface area contributed by atoms with Gasteiger partial charge in [-0.05, 0) is 24.5 Å². The number of aliphatic hydroxyl groups is 2. The third kappa shape index (κ3) is 4.06. The van der Waals surface area contributed by atoms with Crippen LogP contribution >= 0.6 is 0 Å². The number of nitrogens with one attached hydrogen (secondary N) is 1. The van der Waals surface area contributed by atoms with Crippen molar-refractivity contribution in [2.75, 3.05) is 26.2 Å². The predicted octanol–water partition coefficient (Wildman–Crippen LogP) is 0.595. The zero-order chi connectivity index (χ0) is 15.2. The summed E-state index contributed by atoms with van der Waals surface area (Å²) in [5.74, 6) is 0.776. The van der Waals surface area contributed by atoms with E-state index in [0.29, 0.717) is 18.2 Å². The molecule has 1 fully saturated rings. The summed E-state index contributed by atoms with van der Waals surface area (Å²) in [7, 11) is 0. The van der Waals surface area contributed by atoms with Crippen molar-refractivity contribution >= 4 is 5.91 Å². The number of rotatable bonds is 7. The third-order valence-corrected chi connectivity index (χ3v) is 3.95. The Kier molecular flexibility index (Phi) is 5.78. The Hall–Kier alpha value is -1.37. The molecule has 0 aliphatic carbocycles. The van der Waals surface area contributed by atoms with E-state index in [0.717, 1.165) is 25.9 Å². The van der Waals surface area contributed by atoms with Crippen LogP contribution in [0.1, 0.15) is 36.1 Å². The van der Waals surface area contributed by atoms with Crippen molar-refractivity contribution in [3.63, 3.8) is 0 Å². The summed E-state index contributed by atoms with van der Waals surface area (Å²) >= 11 is 0. The molecule has 1 aromatic heterocycles. The molecular weight excluding hydrogens is 272 g/mol. The Balaban J connectivity index is 1.97. The van der Waals surface area contributed by atoms with Crippen LogP contribution in [0.3, 0.4) is 0 Å². The van der Waals surface area contributed by atoms with Gasteiger partial charge < -0.3 is 19.9 Å². The highest BCUT2D eigenvalue weighted by Gasteiger charge is 2.33. The van der Waals surface area contributed by atoms with E-state index in [4.69, 9.17) is 14.6 Å². The van der Waals surface area contributed by atoms with Crippen molar-refractivity contribution in [3.8, 4) is 0 Å². The van der Waals surface area contributed by atoms with Crippen molar-refractivity contribution in [1.29, 1.82) is 0 Å². The van der Waals surface area contributed by atoms with Gasteiger partial charge in [-0.2, -0.15) is 0 Å². The Morgan fingerprint density at radius 2 is 2.24 bits per heavy atom. The van der Waals surface area contributed by atoms with Crippen molar-refractivity contribution in [1.82, 2.24) is 10.2 Å². The van der Waals surface area contributed by atoms with Gasteiger partial charge in [-0.15, -0.1) is 0 Å². The van der Waals surface area contributed by atoms with Crippen LogP contribution < -0.4 is 5.32 Å². The highest BCUT2D eigenvalue weighted by molar-refractivity contribution is 5.91. The van der Waals surface area contributed by atoms with Crippen molar-refractivity contribution in [2.45, 2.75) is 32.4 Å². The molecule has 21 heavy (non-hydrogen) atoms. The molecule has 1 aliphatic heterocycles. The van der Waals surface area contributed by atoms with Gasteiger partial charge in [0.25, 0.3) is 5.91 Å². The van der Waals surface area contributed by atoms with Crippen LogP contribution in [0.25, 0.3) is 0 Å². The molecule has 1 aliphatic rings. The third-order valence-electron chi connectivity index (χ3n) is 3.95. The van der Waals surface area contributed by atoms with E-state index in [1.54, 1.807) is 12.1 Å². The molecule has 0 unspecified atom stereocenters. The Morgan fingerprint density at radius 3 is 2.86 bits per heavy atom. The largest absolute Gasteiger partial charge is 0.453 e. The van der Waals surface area contributed by atoms with Crippen LogP contribution in [0.4, 0.5) is 0 Å². The van der Waals surface area contributed by atoms with E-state index in [1.165, 1.54) is 0 Å². The average Bonchev–Trinajstić information content (AvgIpc) is 3.07. The number of hydrogen-bond acceptors (Lipinski definition) is 5. The number of β-amino-alcohol motifs (C(OH)–C–C–N with tert-alkyl or cyclic N) is 1. The van der Waals surface area contributed by atoms with E-state index >= 15 is 0 Å². The molecule has 118 valence electrons. The molecule has 0 saturated carbocycles. The minimum absolute atomic E-state index is 0.0756. The molecule has 2 heterocycles. The molecule has 0 bridgehead atoms. The number of carbonyl (C=O) groups is 1. The van der Waals surface area contributed by atoms with Crippen molar-refractivity contribution in [3.05, 3.63) is 23.7 Å². The lowest BCUT2D eigenvalue weighted by Crippen LogP contribution is -2.40. The van der Waals surface area contributed by atoms with Crippen LogP contribution in [0.2, 0.25) is 0 Å². The highest BCUT2D eigenvalue weighted by Crippen LogP contribution is 2.22. The first kappa shape index (κ1) is 16.0. The summed E-state index contributed by atoms with van der Waals surface area (Å²) in [6.45, 7) is 4.36. The second kappa shape index (κ2) is 7.59. The van der Waals surface area contributed by atoms with E-state index in [1.807, 2.05) is 0 Å². The lowest BCUT2D eigenvalue weighted by Gasteiger charge is -2.18. The van der Waals surface area contributed by atoms with Crippen LogP contribution in [0.5, 0.6) is 0 Å². The average molecular weight is 296 g/mol. The summed E-state index contributed by atoms with van der Waals surface area (Å²) in [5.41, 5.74) is 0. The molecule has 2 rings (SSSR count). The van der Waals surface area contributed by atoms with Gasteiger partial charge in [-0.3, -0.25) is 9.69 Å². The topological polar surface area (TPSA) is 85.9 Å². The summed E-state index contributed by atoms with van der Waals surface area (Å²) in [4.78, 5) is 14.4. The van der Waals surface area contributed by atoms with Crippen LogP contribution in [0.15, 0.2) is 16.5 Å². The van der Waals surface area contributed by atoms with Gasteiger partial charge >= 0.3 is 0 Å². The normalized spacial score (nSPS) is 22.6. The first-order valence-electron chi connectivity index (χ1n) is 7.51. The maximum atomic E-state index is 12.2. The van der Waals surface area contributed by atoms with Gasteiger partial charge in [-0.1, -0.05) is 13.3 Å². The second-order valence-corrected chi connectivity index (χ2v) is 5.54. The molecule has 0 radical (unpaired) electrons.